The summed E-state index contributed by atoms with van der Waals surface area (Å²) in [6, 6.07) is 5.46. The number of carbonyl (C=O) groups is 1. The van der Waals surface area contributed by atoms with Crippen LogP contribution in [0.5, 0.6) is 0 Å². The van der Waals surface area contributed by atoms with Gasteiger partial charge in [-0.2, -0.15) is 13.2 Å². The number of nitrogens with one attached hydrogen (secondary N) is 2. The number of hydrogen-bond acceptors (Lipinski definition) is 2. The predicted octanol–water partition coefficient (Wildman–Crippen LogP) is 2.59. The second kappa shape index (κ2) is 4.45. The predicted molar refractivity (Wildman–Crippen MR) is 61.6 cm³/mol. The van der Waals surface area contributed by atoms with Crippen LogP contribution in [0.4, 0.5) is 13.2 Å². The van der Waals surface area contributed by atoms with Crippen LogP contribution in [-0.2, 0) is 6.18 Å². The molecule has 3 nitrogen and oxygen atoms in total. The van der Waals surface area contributed by atoms with Gasteiger partial charge in [0.05, 0.1) is 6.54 Å². The summed E-state index contributed by atoms with van der Waals surface area (Å²) in [6.07, 6.45) is -4.41. The Hall–Kier alpha value is -1.82. The third-order valence-electron chi connectivity index (χ3n) is 2.59. The van der Waals surface area contributed by atoms with Crippen LogP contribution in [0.15, 0.2) is 24.3 Å². The van der Waals surface area contributed by atoms with E-state index >= 15 is 0 Å². The molecule has 1 heterocycles. The Morgan fingerprint density at radius 3 is 2.67 bits per heavy atom. The van der Waals surface area contributed by atoms with Gasteiger partial charge in [-0.3, -0.25) is 4.79 Å². The summed E-state index contributed by atoms with van der Waals surface area (Å²) in [4.78, 5) is 13.9. The van der Waals surface area contributed by atoms with Gasteiger partial charge in [-0.1, -0.05) is 0 Å². The van der Waals surface area contributed by atoms with Gasteiger partial charge in [-0.15, -0.1) is 0 Å². The Morgan fingerprint density at radius 2 is 2.06 bits per heavy atom. The molecule has 1 aromatic carbocycles. The van der Waals surface area contributed by atoms with E-state index in [1.54, 1.807) is 7.05 Å². The lowest BCUT2D eigenvalue weighted by Crippen LogP contribution is -2.18. The first-order chi connectivity index (χ1) is 8.41. The molecular formula is C12H11F3N2O. The lowest BCUT2D eigenvalue weighted by molar-refractivity contribution is -0.140. The summed E-state index contributed by atoms with van der Waals surface area (Å²) in [7, 11) is 1.63. The van der Waals surface area contributed by atoms with E-state index in [2.05, 4.69) is 10.3 Å². The zero-order valence-corrected chi connectivity index (χ0v) is 9.56. The van der Waals surface area contributed by atoms with Crippen molar-refractivity contribution >= 4 is 16.7 Å². The number of ketones is 1. The number of benzene rings is 1. The number of hydrogen-bond donors (Lipinski definition) is 2. The Bertz CT molecular complexity index is 587. The molecule has 0 saturated carbocycles. The van der Waals surface area contributed by atoms with Crippen molar-refractivity contribution in [3.8, 4) is 0 Å². The third-order valence-corrected chi connectivity index (χ3v) is 2.59. The molecule has 0 fully saturated rings. The first kappa shape index (κ1) is 12.6. The first-order valence-electron chi connectivity index (χ1n) is 5.29. The van der Waals surface area contributed by atoms with E-state index in [1.807, 2.05) is 0 Å². The van der Waals surface area contributed by atoms with Gasteiger partial charge in [-0.25, -0.2) is 0 Å². The summed E-state index contributed by atoms with van der Waals surface area (Å²) in [5.74, 6) is -0.158. The third kappa shape index (κ3) is 2.38. The molecule has 0 bridgehead atoms. The molecule has 1 aromatic heterocycles. The molecule has 0 radical (unpaired) electrons. The van der Waals surface area contributed by atoms with Crippen LogP contribution in [0.3, 0.4) is 0 Å². The van der Waals surface area contributed by atoms with Gasteiger partial charge in [0.1, 0.15) is 5.69 Å². The number of H-pyrrole nitrogens is 1. The average molecular weight is 256 g/mol. The van der Waals surface area contributed by atoms with Crippen molar-refractivity contribution in [3.63, 3.8) is 0 Å². The van der Waals surface area contributed by atoms with Gasteiger partial charge in [-0.05, 0) is 31.3 Å². The fraction of sp³-hybridized carbons (Fsp3) is 0.250. The van der Waals surface area contributed by atoms with E-state index in [0.29, 0.717) is 16.5 Å². The molecule has 0 spiro atoms. The van der Waals surface area contributed by atoms with Crippen molar-refractivity contribution in [1.82, 2.24) is 10.3 Å². The summed E-state index contributed by atoms with van der Waals surface area (Å²) < 4.78 is 37.5. The molecule has 0 saturated heterocycles. The van der Waals surface area contributed by atoms with Crippen LogP contribution in [0, 0.1) is 0 Å². The van der Waals surface area contributed by atoms with Crippen molar-refractivity contribution in [1.29, 1.82) is 0 Å². The van der Waals surface area contributed by atoms with Gasteiger partial charge in [0.25, 0.3) is 0 Å². The number of halogens is 3. The second-order valence-electron chi connectivity index (χ2n) is 3.94. The molecule has 2 aromatic rings. The van der Waals surface area contributed by atoms with E-state index in [0.717, 1.165) is 6.07 Å². The summed E-state index contributed by atoms with van der Waals surface area (Å²) in [5, 5.41) is 3.09. The molecule has 0 aliphatic rings. The summed E-state index contributed by atoms with van der Waals surface area (Å²) in [6.45, 7) is 0.155. The highest BCUT2D eigenvalue weighted by atomic mass is 19.4. The maximum atomic E-state index is 12.5. The zero-order chi connectivity index (χ0) is 13.3. The largest absolute Gasteiger partial charge is 0.431 e. The number of rotatable bonds is 3. The lowest BCUT2D eigenvalue weighted by atomic mass is 10.1. The Kier molecular flexibility index (Phi) is 3.13. The first-order valence-corrected chi connectivity index (χ1v) is 5.29. The molecule has 0 atom stereocenters. The maximum absolute atomic E-state index is 12.5. The van der Waals surface area contributed by atoms with E-state index in [9.17, 15) is 18.0 Å². The molecule has 0 aliphatic heterocycles. The van der Waals surface area contributed by atoms with E-state index in [4.69, 9.17) is 0 Å². The van der Waals surface area contributed by atoms with Crippen molar-refractivity contribution in [3.05, 3.63) is 35.5 Å². The number of alkyl halides is 3. The summed E-state index contributed by atoms with van der Waals surface area (Å²) >= 11 is 0. The van der Waals surface area contributed by atoms with E-state index < -0.39 is 11.9 Å². The maximum Gasteiger partial charge on any atom is 0.431 e. The van der Waals surface area contributed by atoms with E-state index in [-0.39, 0.29) is 12.3 Å². The van der Waals surface area contributed by atoms with Gasteiger partial charge in [0, 0.05) is 16.5 Å². The minimum atomic E-state index is -4.41. The standard InChI is InChI=1S/C12H11F3N2O/c1-16-6-10(18)7-2-3-9-8(4-7)5-11(17-9)12(13,14)15/h2-5,16-17H,6H2,1H3. The Labute approximate surface area is 101 Å². The van der Waals surface area contributed by atoms with Gasteiger partial charge < -0.3 is 10.3 Å². The fourth-order valence-corrected chi connectivity index (χ4v) is 1.72. The smallest absolute Gasteiger partial charge is 0.351 e. The summed E-state index contributed by atoms with van der Waals surface area (Å²) in [5.41, 5.74) is -0.0522. The minimum Gasteiger partial charge on any atom is -0.351 e. The van der Waals surface area contributed by atoms with Gasteiger partial charge >= 0.3 is 6.18 Å². The molecule has 96 valence electrons. The number of carbonyl (C=O) groups excluding carboxylic acids is 1. The molecule has 0 aliphatic carbocycles. The molecule has 18 heavy (non-hydrogen) atoms. The average Bonchev–Trinajstić information content (AvgIpc) is 2.71. The number of aromatic amines is 1. The molecular weight excluding hydrogens is 245 g/mol. The molecule has 0 unspecified atom stereocenters. The molecule has 2 N–H and O–H groups in total. The minimum absolute atomic E-state index is 0.155. The zero-order valence-electron chi connectivity index (χ0n) is 9.56. The highest BCUT2D eigenvalue weighted by Gasteiger charge is 2.32. The van der Waals surface area contributed by atoms with Crippen LogP contribution < -0.4 is 5.32 Å². The topological polar surface area (TPSA) is 44.9 Å². The number of Topliss-reactive ketones (excluding diaryl/α,β-unsaturated/α-hetero) is 1. The highest BCUT2D eigenvalue weighted by Crippen LogP contribution is 2.31. The number of likely N-dealkylation sites (N-methyl/N-ethyl adjacent to an activating group) is 1. The lowest BCUT2D eigenvalue weighted by Gasteiger charge is -2.00. The molecule has 6 heteroatoms. The van der Waals surface area contributed by atoms with Crippen molar-refractivity contribution in [2.45, 2.75) is 6.18 Å². The SMILES string of the molecule is CNCC(=O)c1ccc2[nH]c(C(F)(F)F)cc2c1. The van der Waals surface area contributed by atoms with Gasteiger partial charge in [0.15, 0.2) is 5.78 Å². The van der Waals surface area contributed by atoms with Crippen molar-refractivity contribution in [2.75, 3.05) is 13.6 Å². The Balaban J connectivity index is 2.43. The fourth-order valence-electron chi connectivity index (χ4n) is 1.72. The van der Waals surface area contributed by atoms with E-state index in [1.165, 1.54) is 18.2 Å². The van der Waals surface area contributed by atoms with Crippen LogP contribution in [0.2, 0.25) is 0 Å². The van der Waals surface area contributed by atoms with Gasteiger partial charge in [0.2, 0.25) is 0 Å². The highest BCUT2D eigenvalue weighted by molar-refractivity contribution is 6.00. The Morgan fingerprint density at radius 1 is 1.33 bits per heavy atom. The quantitative estimate of drug-likeness (QED) is 0.829. The normalized spacial score (nSPS) is 12.0. The van der Waals surface area contributed by atoms with Crippen LogP contribution in [0.1, 0.15) is 16.1 Å². The monoisotopic (exact) mass is 256 g/mol. The van der Waals surface area contributed by atoms with Crippen LogP contribution >= 0.6 is 0 Å². The van der Waals surface area contributed by atoms with Crippen molar-refractivity contribution < 1.29 is 18.0 Å². The molecule has 0 amide bonds. The van der Waals surface area contributed by atoms with Crippen molar-refractivity contribution in [2.24, 2.45) is 0 Å². The molecule has 2 rings (SSSR count). The van der Waals surface area contributed by atoms with Crippen LogP contribution in [0.25, 0.3) is 10.9 Å². The van der Waals surface area contributed by atoms with Crippen LogP contribution in [-0.4, -0.2) is 24.4 Å². The second-order valence-corrected chi connectivity index (χ2v) is 3.94. The number of aromatic nitrogens is 1. The number of fused-ring (bicyclic) bond motifs is 1.